The van der Waals surface area contributed by atoms with Crippen molar-refractivity contribution in [2.45, 2.75) is 45.1 Å². The van der Waals surface area contributed by atoms with Crippen molar-refractivity contribution in [2.24, 2.45) is 5.92 Å². The van der Waals surface area contributed by atoms with Crippen LogP contribution in [-0.2, 0) is 4.79 Å². The van der Waals surface area contributed by atoms with E-state index in [4.69, 9.17) is 14.2 Å². The fraction of sp³-hybridized carbons (Fsp3) is 0.407. The van der Waals surface area contributed by atoms with Crippen molar-refractivity contribution in [3.8, 4) is 16.9 Å². The molecule has 1 saturated carbocycles. The summed E-state index contributed by atoms with van der Waals surface area (Å²) in [6, 6.07) is 10.0. The van der Waals surface area contributed by atoms with Crippen molar-refractivity contribution < 1.29 is 14.1 Å². The predicted molar refractivity (Wildman–Crippen MR) is 129 cm³/mol. The lowest BCUT2D eigenvalue weighted by atomic mass is 10.0. The Bertz CT molecular complexity index is 1430. The van der Waals surface area contributed by atoms with Crippen LogP contribution in [-0.4, -0.2) is 50.2 Å². The van der Waals surface area contributed by atoms with Crippen molar-refractivity contribution in [1.29, 1.82) is 0 Å². The monoisotopic (exact) mass is 469 g/mol. The van der Waals surface area contributed by atoms with Gasteiger partial charge < -0.3 is 18.7 Å². The molecule has 0 radical (unpaired) electrons. The maximum atomic E-state index is 12.8. The Hall–Kier alpha value is -3.68. The van der Waals surface area contributed by atoms with Crippen molar-refractivity contribution >= 4 is 16.9 Å². The summed E-state index contributed by atoms with van der Waals surface area (Å²) in [6.07, 6.45) is 4.81. The second-order valence-corrected chi connectivity index (χ2v) is 9.97. The number of pyridine rings is 1. The Morgan fingerprint density at radius 3 is 2.74 bits per heavy atom. The molecule has 8 nitrogen and oxygen atoms in total. The summed E-state index contributed by atoms with van der Waals surface area (Å²) in [5.74, 6) is 3.34. The van der Waals surface area contributed by atoms with Crippen molar-refractivity contribution in [2.75, 3.05) is 19.7 Å². The van der Waals surface area contributed by atoms with Crippen molar-refractivity contribution in [1.82, 2.24) is 24.6 Å². The molecule has 1 amide bonds. The maximum absolute atomic E-state index is 12.8. The number of aromatic nitrogens is 4. The van der Waals surface area contributed by atoms with E-state index in [9.17, 15) is 4.79 Å². The summed E-state index contributed by atoms with van der Waals surface area (Å²) in [7, 11) is 0. The molecule has 1 unspecified atom stereocenters. The third-order valence-corrected chi connectivity index (χ3v) is 7.65. The van der Waals surface area contributed by atoms with E-state index in [-0.39, 0.29) is 17.9 Å². The third kappa shape index (κ3) is 3.19. The molecule has 8 heteroatoms. The van der Waals surface area contributed by atoms with Gasteiger partial charge in [-0.05, 0) is 57.4 Å². The van der Waals surface area contributed by atoms with E-state index in [1.807, 2.05) is 43.1 Å². The summed E-state index contributed by atoms with van der Waals surface area (Å²) in [5.41, 5.74) is 5.60. The molecule has 1 saturated heterocycles. The number of ether oxygens (including phenoxy) is 1. The first kappa shape index (κ1) is 20.7. The van der Waals surface area contributed by atoms with Crippen LogP contribution in [0.2, 0.25) is 0 Å². The molecule has 3 aliphatic rings. The Balaban J connectivity index is 1.40. The van der Waals surface area contributed by atoms with E-state index in [2.05, 4.69) is 26.8 Å². The Morgan fingerprint density at radius 1 is 1.11 bits per heavy atom. The summed E-state index contributed by atoms with van der Waals surface area (Å²) < 4.78 is 14.3. The molecule has 35 heavy (non-hydrogen) atoms. The molecule has 1 aliphatic carbocycles. The minimum Gasteiger partial charge on any atom is -0.488 e. The molecule has 2 aliphatic heterocycles. The van der Waals surface area contributed by atoms with Gasteiger partial charge in [0.25, 0.3) is 0 Å². The van der Waals surface area contributed by atoms with Gasteiger partial charge >= 0.3 is 0 Å². The van der Waals surface area contributed by atoms with E-state index in [1.54, 1.807) is 0 Å². The van der Waals surface area contributed by atoms with E-state index >= 15 is 0 Å². The molecule has 1 aromatic carbocycles. The van der Waals surface area contributed by atoms with Crippen LogP contribution in [0.5, 0.6) is 5.75 Å². The van der Waals surface area contributed by atoms with E-state index in [0.29, 0.717) is 12.5 Å². The van der Waals surface area contributed by atoms with Gasteiger partial charge in [0, 0.05) is 36.7 Å². The van der Waals surface area contributed by atoms with Crippen LogP contribution in [0.25, 0.3) is 22.2 Å². The van der Waals surface area contributed by atoms with Gasteiger partial charge in [-0.2, -0.15) is 0 Å². The summed E-state index contributed by atoms with van der Waals surface area (Å²) in [6.45, 7) is 5.86. The molecular weight excluding hydrogens is 442 g/mol. The SMILES string of the molecule is Cc1noc(C)c1-c1ccc2nc(C3CCN(C(=O)C4CC4)C3)n3c2c1OC[C@@H]3c1ccccn1. The van der Waals surface area contributed by atoms with Crippen LogP contribution in [0, 0.1) is 19.8 Å². The summed E-state index contributed by atoms with van der Waals surface area (Å²) in [4.78, 5) is 24.6. The normalized spacial score (nSPS) is 21.5. The number of carbonyl (C=O) groups excluding carboxylic acids is 1. The molecule has 2 fully saturated rings. The van der Waals surface area contributed by atoms with Crippen LogP contribution in [0.15, 0.2) is 41.1 Å². The minimum atomic E-state index is -0.0863. The van der Waals surface area contributed by atoms with Gasteiger partial charge in [-0.15, -0.1) is 0 Å². The highest BCUT2D eigenvalue weighted by Crippen LogP contribution is 2.46. The standard InChI is InChI=1S/C27H27N5O3/c1-15-23(16(2)35-30-15)19-8-9-21-24-25(19)34-14-22(20-5-3-4-11-28-20)32(24)26(29-21)18-10-12-31(13-18)27(33)17-6-7-17/h3-5,8-9,11,17-18,22H,6-7,10,12-14H2,1-2H3/t18?,22-/m1/s1. The van der Waals surface area contributed by atoms with Crippen molar-refractivity contribution in [3.05, 3.63) is 59.5 Å². The Labute approximate surface area is 202 Å². The molecule has 3 aromatic heterocycles. The summed E-state index contributed by atoms with van der Waals surface area (Å²) >= 11 is 0. The molecule has 5 heterocycles. The fourth-order valence-corrected chi connectivity index (χ4v) is 5.78. The number of hydrogen-bond acceptors (Lipinski definition) is 6. The van der Waals surface area contributed by atoms with E-state index < -0.39 is 0 Å². The molecular formula is C27H27N5O3. The highest BCUT2D eigenvalue weighted by molar-refractivity contribution is 5.93. The highest BCUT2D eigenvalue weighted by Gasteiger charge is 2.40. The quantitative estimate of drug-likeness (QED) is 0.440. The van der Waals surface area contributed by atoms with Gasteiger partial charge in [0.15, 0.2) is 5.75 Å². The van der Waals surface area contributed by atoms with E-state index in [1.165, 1.54) is 0 Å². The number of benzene rings is 1. The smallest absolute Gasteiger partial charge is 0.225 e. The first-order valence-electron chi connectivity index (χ1n) is 12.4. The van der Waals surface area contributed by atoms with Gasteiger partial charge in [0.1, 0.15) is 29.8 Å². The average molecular weight is 470 g/mol. The Kier molecular flexibility index (Phi) is 4.53. The number of imidazole rings is 1. The maximum Gasteiger partial charge on any atom is 0.225 e. The first-order valence-corrected chi connectivity index (χ1v) is 12.4. The average Bonchev–Trinajstić information content (AvgIpc) is 3.34. The Morgan fingerprint density at radius 2 is 2.00 bits per heavy atom. The lowest BCUT2D eigenvalue weighted by molar-refractivity contribution is -0.131. The van der Waals surface area contributed by atoms with Crippen LogP contribution >= 0.6 is 0 Å². The number of aryl methyl sites for hydroxylation is 2. The molecule has 2 atom stereocenters. The molecule has 178 valence electrons. The number of likely N-dealkylation sites (tertiary alicyclic amines) is 1. The largest absolute Gasteiger partial charge is 0.488 e. The highest BCUT2D eigenvalue weighted by atomic mass is 16.5. The molecule has 0 N–H and O–H groups in total. The van der Waals surface area contributed by atoms with Gasteiger partial charge in [-0.1, -0.05) is 11.2 Å². The van der Waals surface area contributed by atoms with Crippen LogP contribution in [0.4, 0.5) is 0 Å². The number of hydrogen-bond donors (Lipinski definition) is 0. The predicted octanol–water partition coefficient (Wildman–Crippen LogP) is 4.41. The fourth-order valence-electron chi connectivity index (χ4n) is 5.78. The zero-order chi connectivity index (χ0) is 23.7. The first-order chi connectivity index (χ1) is 17.1. The lowest BCUT2D eigenvalue weighted by Crippen LogP contribution is -2.30. The molecule has 0 spiro atoms. The lowest BCUT2D eigenvalue weighted by Gasteiger charge is -2.29. The summed E-state index contributed by atoms with van der Waals surface area (Å²) in [5, 5.41) is 4.16. The van der Waals surface area contributed by atoms with Gasteiger partial charge in [0.05, 0.1) is 22.5 Å². The number of amides is 1. The van der Waals surface area contributed by atoms with Crippen LogP contribution in [0.1, 0.15) is 54.2 Å². The zero-order valence-corrected chi connectivity index (χ0v) is 19.9. The minimum absolute atomic E-state index is 0.0863. The molecule has 7 rings (SSSR count). The number of carbonyl (C=O) groups is 1. The van der Waals surface area contributed by atoms with Gasteiger partial charge in [-0.3, -0.25) is 9.78 Å². The second-order valence-electron chi connectivity index (χ2n) is 9.97. The molecule has 0 bridgehead atoms. The number of nitrogens with zero attached hydrogens (tertiary/aromatic N) is 5. The van der Waals surface area contributed by atoms with Crippen LogP contribution in [0.3, 0.4) is 0 Å². The topological polar surface area (TPSA) is 86.3 Å². The van der Waals surface area contributed by atoms with E-state index in [0.717, 1.165) is 83.2 Å². The second kappa shape index (κ2) is 7.66. The van der Waals surface area contributed by atoms with Gasteiger partial charge in [-0.25, -0.2) is 4.98 Å². The number of rotatable bonds is 4. The third-order valence-electron chi connectivity index (χ3n) is 7.65. The van der Waals surface area contributed by atoms with Crippen molar-refractivity contribution in [3.63, 3.8) is 0 Å². The van der Waals surface area contributed by atoms with Gasteiger partial charge in [0.2, 0.25) is 5.91 Å². The molecule has 4 aromatic rings. The zero-order valence-electron chi connectivity index (χ0n) is 19.9. The van der Waals surface area contributed by atoms with Crippen LogP contribution < -0.4 is 4.74 Å².